The van der Waals surface area contributed by atoms with Gasteiger partial charge in [0, 0.05) is 19.5 Å². The summed E-state index contributed by atoms with van der Waals surface area (Å²) < 4.78 is 2.17. The Kier molecular flexibility index (Phi) is 3.06. The standard InChI is InChI=1S/C14H20N4/c1-18-13-5-3-2-4-12(13)16-14(18)9-11(17-15)8-10-6-7-10/h2-5,10-11,17H,6-9,15H2,1H3. The van der Waals surface area contributed by atoms with E-state index in [2.05, 4.69) is 35.2 Å². The molecule has 1 aliphatic rings. The van der Waals surface area contributed by atoms with E-state index >= 15 is 0 Å². The topological polar surface area (TPSA) is 55.9 Å². The first-order valence-electron chi connectivity index (χ1n) is 6.64. The van der Waals surface area contributed by atoms with E-state index < -0.39 is 0 Å². The Balaban J connectivity index is 1.82. The van der Waals surface area contributed by atoms with Crippen molar-refractivity contribution < 1.29 is 0 Å². The summed E-state index contributed by atoms with van der Waals surface area (Å²) >= 11 is 0. The van der Waals surface area contributed by atoms with E-state index in [1.807, 2.05) is 6.07 Å². The number of nitrogens with two attached hydrogens (primary N) is 1. The zero-order chi connectivity index (χ0) is 12.5. The number of hydrogen-bond donors (Lipinski definition) is 2. The Morgan fingerprint density at radius 3 is 2.89 bits per heavy atom. The van der Waals surface area contributed by atoms with Gasteiger partial charge in [0.2, 0.25) is 0 Å². The average molecular weight is 244 g/mol. The monoisotopic (exact) mass is 244 g/mol. The number of aryl methyl sites for hydroxylation is 1. The van der Waals surface area contributed by atoms with Crippen LogP contribution >= 0.6 is 0 Å². The fourth-order valence-corrected chi connectivity index (χ4v) is 2.56. The highest BCUT2D eigenvalue weighted by atomic mass is 15.2. The van der Waals surface area contributed by atoms with Gasteiger partial charge >= 0.3 is 0 Å². The molecule has 18 heavy (non-hydrogen) atoms. The first kappa shape index (κ1) is 11.7. The highest BCUT2D eigenvalue weighted by Gasteiger charge is 2.25. The van der Waals surface area contributed by atoms with Gasteiger partial charge in [-0.2, -0.15) is 0 Å². The van der Waals surface area contributed by atoms with Crippen LogP contribution in [0.2, 0.25) is 0 Å². The van der Waals surface area contributed by atoms with Crippen molar-refractivity contribution in [3.63, 3.8) is 0 Å². The van der Waals surface area contributed by atoms with Crippen LogP contribution in [0.15, 0.2) is 24.3 Å². The zero-order valence-electron chi connectivity index (χ0n) is 10.8. The van der Waals surface area contributed by atoms with Crippen molar-refractivity contribution in [1.82, 2.24) is 15.0 Å². The second-order valence-electron chi connectivity index (χ2n) is 5.32. The number of hydrazine groups is 1. The minimum atomic E-state index is 0.341. The molecule has 1 fully saturated rings. The van der Waals surface area contributed by atoms with Gasteiger partial charge < -0.3 is 4.57 Å². The van der Waals surface area contributed by atoms with Crippen LogP contribution in [0, 0.1) is 5.92 Å². The molecule has 1 heterocycles. The van der Waals surface area contributed by atoms with Gasteiger partial charge in [-0.15, -0.1) is 0 Å². The van der Waals surface area contributed by atoms with Gasteiger partial charge in [-0.3, -0.25) is 11.3 Å². The molecule has 1 aliphatic carbocycles. The molecule has 3 N–H and O–H groups in total. The van der Waals surface area contributed by atoms with E-state index in [9.17, 15) is 0 Å². The second-order valence-corrected chi connectivity index (χ2v) is 5.32. The molecule has 4 heteroatoms. The maximum Gasteiger partial charge on any atom is 0.111 e. The van der Waals surface area contributed by atoms with E-state index in [1.165, 1.54) is 24.8 Å². The number of imidazole rings is 1. The molecule has 1 atom stereocenters. The quantitative estimate of drug-likeness (QED) is 0.622. The minimum absolute atomic E-state index is 0.341. The zero-order valence-corrected chi connectivity index (χ0v) is 10.8. The largest absolute Gasteiger partial charge is 0.331 e. The molecule has 1 saturated carbocycles. The van der Waals surface area contributed by atoms with Crippen LogP contribution < -0.4 is 11.3 Å². The second kappa shape index (κ2) is 4.71. The molecule has 1 aromatic carbocycles. The summed E-state index contributed by atoms with van der Waals surface area (Å²) in [7, 11) is 2.08. The summed E-state index contributed by atoms with van der Waals surface area (Å²) in [6, 6.07) is 8.59. The number of benzene rings is 1. The molecule has 4 nitrogen and oxygen atoms in total. The predicted molar refractivity (Wildman–Crippen MR) is 72.9 cm³/mol. The summed E-state index contributed by atoms with van der Waals surface area (Å²) in [6.45, 7) is 0. The van der Waals surface area contributed by atoms with E-state index in [-0.39, 0.29) is 0 Å². The number of nitrogens with one attached hydrogen (secondary N) is 1. The summed E-state index contributed by atoms with van der Waals surface area (Å²) in [5.74, 6) is 7.64. The van der Waals surface area contributed by atoms with Crippen LogP contribution in [-0.2, 0) is 13.5 Å². The molecule has 1 aromatic heterocycles. The van der Waals surface area contributed by atoms with Gasteiger partial charge in [0.15, 0.2) is 0 Å². The minimum Gasteiger partial charge on any atom is -0.331 e. The Hall–Kier alpha value is -1.39. The molecular formula is C14H20N4. The highest BCUT2D eigenvalue weighted by molar-refractivity contribution is 5.75. The number of aromatic nitrogens is 2. The van der Waals surface area contributed by atoms with Gasteiger partial charge in [-0.1, -0.05) is 25.0 Å². The Morgan fingerprint density at radius 2 is 2.22 bits per heavy atom. The van der Waals surface area contributed by atoms with Gasteiger partial charge in [0.1, 0.15) is 5.82 Å². The van der Waals surface area contributed by atoms with Gasteiger partial charge in [-0.05, 0) is 24.5 Å². The van der Waals surface area contributed by atoms with Crippen molar-refractivity contribution in [3.05, 3.63) is 30.1 Å². The van der Waals surface area contributed by atoms with Gasteiger partial charge in [-0.25, -0.2) is 4.98 Å². The molecule has 0 radical (unpaired) electrons. The number of para-hydroxylation sites is 2. The highest BCUT2D eigenvalue weighted by Crippen LogP contribution is 2.34. The number of fused-ring (bicyclic) bond motifs is 1. The number of hydrogen-bond acceptors (Lipinski definition) is 3. The normalized spacial score (nSPS) is 17.2. The Bertz CT molecular complexity index is 542. The average Bonchev–Trinajstić information content (AvgIpc) is 3.15. The van der Waals surface area contributed by atoms with Crippen LogP contribution in [0.5, 0.6) is 0 Å². The summed E-state index contributed by atoms with van der Waals surface area (Å²) in [5.41, 5.74) is 5.20. The van der Waals surface area contributed by atoms with Crippen molar-refractivity contribution >= 4 is 11.0 Å². The fourth-order valence-electron chi connectivity index (χ4n) is 2.56. The van der Waals surface area contributed by atoms with Crippen molar-refractivity contribution in [2.45, 2.75) is 31.7 Å². The summed E-state index contributed by atoms with van der Waals surface area (Å²) in [4.78, 5) is 4.70. The maximum absolute atomic E-state index is 5.65. The molecule has 1 unspecified atom stereocenters. The first-order valence-corrected chi connectivity index (χ1v) is 6.64. The van der Waals surface area contributed by atoms with Crippen LogP contribution in [0.4, 0.5) is 0 Å². The summed E-state index contributed by atoms with van der Waals surface area (Å²) in [5, 5.41) is 0. The maximum atomic E-state index is 5.65. The van der Waals surface area contributed by atoms with Gasteiger partial charge in [0.05, 0.1) is 11.0 Å². The molecule has 0 amide bonds. The summed E-state index contributed by atoms with van der Waals surface area (Å²) in [6.07, 6.45) is 4.79. The third kappa shape index (κ3) is 2.26. The van der Waals surface area contributed by atoms with Crippen molar-refractivity contribution in [2.24, 2.45) is 18.8 Å². The van der Waals surface area contributed by atoms with Crippen molar-refractivity contribution in [1.29, 1.82) is 0 Å². The lowest BCUT2D eigenvalue weighted by molar-refractivity contribution is 0.454. The van der Waals surface area contributed by atoms with Crippen LogP contribution in [0.3, 0.4) is 0 Å². The third-order valence-electron chi connectivity index (χ3n) is 3.86. The SMILES string of the molecule is Cn1c(CC(CC2CC2)NN)nc2ccccc21. The van der Waals surface area contributed by atoms with E-state index in [0.717, 1.165) is 23.7 Å². The number of rotatable bonds is 5. The van der Waals surface area contributed by atoms with Crippen molar-refractivity contribution in [3.8, 4) is 0 Å². The molecule has 0 bridgehead atoms. The molecular weight excluding hydrogens is 224 g/mol. The molecule has 96 valence electrons. The molecule has 0 saturated heterocycles. The van der Waals surface area contributed by atoms with Gasteiger partial charge in [0.25, 0.3) is 0 Å². The van der Waals surface area contributed by atoms with E-state index in [1.54, 1.807) is 0 Å². The lowest BCUT2D eigenvalue weighted by Crippen LogP contribution is -2.37. The molecule has 3 rings (SSSR count). The molecule has 2 aromatic rings. The van der Waals surface area contributed by atoms with Crippen molar-refractivity contribution in [2.75, 3.05) is 0 Å². The lowest BCUT2D eigenvalue weighted by Gasteiger charge is -2.15. The van der Waals surface area contributed by atoms with E-state index in [0.29, 0.717) is 6.04 Å². The van der Waals surface area contributed by atoms with Crippen LogP contribution in [0.25, 0.3) is 11.0 Å². The molecule has 0 aliphatic heterocycles. The smallest absolute Gasteiger partial charge is 0.111 e. The first-order chi connectivity index (χ1) is 8.78. The molecule has 0 spiro atoms. The fraction of sp³-hybridized carbons (Fsp3) is 0.500. The Labute approximate surface area is 107 Å². The van der Waals surface area contributed by atoms with E-state index in [4.69, 9.17) is 10.8 Å². The number of nitrogens with zero attached hydrogens (tertiary/aromatic N) is 2. The Morgan fingerprint density at radius 1 is 1.44 bits per heavy atom. The third-order valence-corrected chi connectivity index (χ3v) is 3.86. The lowest BCUT2D eigenvalue weighted by atomic mass is 10.1. The predicted octanol–water partition coefficient (Wildman–Crippen LogP) is 1.75. The van der Waals surface area contributed by atoms with Crippen LogP contribution in [-0.4, -0.2) is 15.6 Å². The van der Waals surface area contributed by atoms with Crippen LogP contribution in [0.1, 0.15) is 25.1 Å².